The molecule has 1 amide bonds. The van der Waals surface area contributed by atoms with Crippen LogP contribution in [0.4, 0.5) is 0 Å². The molecule has 1 aromatic rings. The van der Waals surface area contributed by atoms with Crippen molar-refractivity contribution in [1.82, 2.24) is 15.3 Å². The number of carboxylic acids is 1. The first-order valence-corrected chi connectivity index (χ1v) is 6.27. The number of amides is 1. The van der Waals surface area contributed by atoms with Crippen LogP contribution in [0.3, 0.4) is 0 Å². The summed E-state index contributed by atoms with van der Waals surface area (Å²) in [6.07, 6.45) is 7.85. The van der Waals surface area contributed by atoms with Crippen molar-refractivity contribution < 1.29 is 14.7 Å². The van der Waals surface area contributed by atoms with Crippen molar-refractivity contribution in [1.29, 1.82) is 0 Å². The van der Waals surface area contributed by atoms with Crippen LogP contribution < -0.4 is 5.32 Å². The Balaban J connectivity index is 2.02. The Hall–Kier alpha value is -2.11. The minimum Gasteiger partial charge on any atom is -0.481 e. The van der Waals surface area contributed by atoms with E-state index in [1.165, 1.54) is 0 Å². The Morgan fingerprint density at radius 3 is 2.68 bits per heavy atom. The first-order chi connectivity index (χ1) is 9.09. The van der Waals surface area contributed by atoms with Crippen molar-refractivity contribution in [2.45, 2.75) is 25.8 Å². The molecule has 102 valence electrons. The van der Waals surface area contributed by atoms with Crippen LogP contribution in [0.25, 0.3) is 0 Å². The maximum Gasteiger partial charge on any atom is 0.307 e. The summed E-state index contributed by atoms with van der Waals surface area (Å²) in [7, 11) is 0. The number of hydrogen-bond donors (Lipinski definition) is 3. The van der Waals surface area contributed by atoms with Gasteiger partial charge < -0.3 is 15.4 Å². The lowest BCUT2D eigenvalue weighted by atomic mass is 9.82. The van der Waals surface area contributed by atoms with Crippen LogP contribution in [0.15, 0.2) is 24.5 Å². The van der Waals surface area contributed by atoms with E-state index in [2.05, 4.69) is 15.3 Å². The Morgan fingerprint density at radius 2 is 2.11 bits per heavy atom. The maximum atomic E-state index is 12.2. The van der Waals surface area contributed by atoms with E-state index in [0.29, 0.717) is 18.7 Å². The van der Waals surface area contributed by atoms with E-state index in [9.17, 15) is 9.59 Å². The summed E-state index contributed by atoms with van der Waals surface area (Å²) >= 11 is 0. The van der Waals surface area contributed by atoms with E-state index in [4.69, 9.17) is 5.11 Å². The van der Waals surface area contributed by atoms with Crippen molar-refractivity contribution in [2.24, 2.45) is 11.8 Å². The van der Waals surface area contributed by atoms with E-state index in [-0.39, 0.29) is 11.9 Å². The number of carboxylic acid groups (broad SMARTS) is 1. The second-order valence-corrected chi connectivity index (χ2v) is 4.70. The number of carbonyl (C=O) groups is 2. The predicted molar refractivity (Wildman–Crippen MR) is 68.1 cm³/mol. The number of allylic oxidation sites excluding steroid dienone is 2. The monoisotopic (exact) mass is 263 g/mol. The number of aliphatic carboxylic acids is 1. The minimum absolute atomic E-state index is 0.236. The van der Waals surface area contributed by atoms with Crippen LogP contribution in [-0.4, -0.2) is 27.0 Å². The van der Waals surface area contributed by atoms with Gasteiger partial charge in [0.15, 0.2) is 0 Å². The number of nitrogens with zero attached hydrogens (tertiary/aromatic N) is 1. The molecule has 0 radical (unpaired) electrons. The molecule has 3 N–H and O–H groups in total. The summed E-state index contributed by atoms with van der Waals surface area (Å²) in [6, 6.07) is -0.261. The van der Waals surface area contributed by atoms with Gasteiger partial charge in [-0.3, -0.25) is 9.59 Å². The molecule has 0 saturated carbocycles. The van der Waals surface area contributed by atoms with E-state index in [1.807, 2.05) is 19.1 Å². The highest BCUT2D eigenvalue weighted by Gasteiger charge is 2.34. The summed E-state index contributed by atoms with van der Waals surface area (Å²) in [5.74, 6) is -1.66. The fraction of sp³-hybridized carbons (Fsp3) is 0.462. The van der Waals surface area contributed by atoms with Crippen LogP contribution in [0, 0.1) is 11.8 Å². The fourth-order valence-corrected chi connectivity index (χ4v) is 2.28. The molecule has 1 heterocycles. The smallest absolute Gasteiger partial charge is 0.307 e. The Kier molecular flexibility index (Phi) is 3.99. The van der Waals surface area contributed by atoms with Crippen molar-refractivity contribution in [3.63, 3.8) is 0 Å². The zero-order valence-corrected chi connectivity index (χ0v) is 10.7. The Morgan fingerprint density at radius 1 is 1.42 bits per heavy atom. The molecule has 0 fully saturated rings. The molecule has 2 rings (SSSR count). The van der Waals surface area contributed by atoms with Gasteiger partial charge in [-0.25, -0.2) is 4.98 Å². The van der Waals surface area contributed by atoms with Crippen molar-refractivity contribution in [3.8, 4) is 0 Å². The average molecular weight is 263 g/mol. The highest BCUT2D eigenvalue weighted by atomic mass is 16.4. The number of nitrogens with one attached hydrogen (secondary N) is 2. The third kappa shape index (κ3) is 3.01. The third-order valence-corrected chi connectivity index (χ3v) is 3.37. The quantitative estimate of drug-likeness (QED) is 0.712. The molecule has 0 bridgehead atoms. The lowest BCUT2D eigenvalue weighted by Gasteiger charge is -2.25. The van der Waals surface area contributed by atoms with Crippen LogP contribution >= 0.6 is 0 Å². The van der Waals surface area contributed by atoms with Crippen LogP contribution in [0.1, 0.15) is 31.6 Å². The Labute approximate surface area is 110 Å². The highest BCUT2D eigenvalue weighted by Crippen LogP contribution is 2.26. The summed E-state index contributed by atoms with van der Waals surface area (Å²) in [4.78, 5) is 30.3. The van der Waals surface area contributed by atoms with Crippen molar-refractivity contribution in [2.75, 3.05) is 0 Å². The topological polar surface area (TPSA) is 95.1 Å². The zero-order valence-electron chi connectivity index (χ0n) is 10.7. The standard InChI is InChI=1S/C13H17N3O3/c1-8(11-14-6-7-15-11)16-12(17)9-4-2-3-5-10(9)13(18)19/h2-3,6-10H,4-5H2,1H3,(H,14,15)(H,16,17)(H,18,19). The first-order valence-electron chi connectivity index (χ1n) is 6.27. The lowest BCUT2D eigenvalue weighted by molar-refractivity contribution is -0.147. The summed E-state index contributed by atoms with van der Waals surface area (Å²) in [5.41, 5.74) is 0. The van der Waals surface area contributed by atoms with Crippen molar-refractivity contribution in [3.05, 3.63) is 30.4 Å². The highest BCUT2D eigenvalue weighted by molar-refractivity contribution is 5.85. The summed E-state index contributed by atoms with van der Waals surface area (Å²) in [6.45, 7) is 1.81. The molecule has 1 aromatic heterocycles. The number of aromatic nitrogens is 2. The molecule has 1 aliphatic carbocycles. The molecule has 0 aliphatic heterocycles. The van der Waals surface area contributed by atoms with Gasteiger partial charge in [0.05, 0.1) is 17.9 Å². The molecule has 6 nitrogen and oxygen atoms in total. The molecule has 3 unspecified atom stereocenters. The second kappa shape index (κ2) is 5.69. The average Bonchev–Trinajstić information content (AvgIpc) is 2.92. The SMILES string of the molecule is CC(NC(=O)C1CC=CCC1C(=O)O)c1ncc[nH]1. The Bertz CT molecular complexity index is 481. The molecule has 1 aliphatic rings. The molecular formula is C13H17N3O3. The van der Waals surface area contributed by atoms with Gasteiger partial charge in [0.25, 0.3) is 0 Å². The normalized spacial score (nSPS) is 23.8. The molecule has 6 heteroatoms. The van der Waals surface area contributed by atoms with Crippen LogP contribution in [-0.2, 0) is 9.59 Å². The first kappa shape index (κ1) is 13.3. The summed E-state index contributed by atoms with van der Waals surface area (Å²) in [5, 5.41) is 12.0. The van der Waals surface area contributed by atoms with Crippen LogP contribution in [0.5, 0.6) is 0 Å². The second-order valence-electron chi connectivity index (χ2n) is 4.70. The maximum absolute atomic E-state index is 12.2. The lowest BCUT2D eigenvalue weighted by Crippen LogP contribution is -2.40. The molecule has 3 atom stereocenters. The van der Waals surface area contributed by atoms with E-state index >= 15 is 0 Å². The van der Waals surface area contributed by atoms with Gasteiger partial charge in [0.2, 0.25) is 5.91 Å². The number of imidazole rings is 1. The molecule has 0 saturated heterocycles. The van der Waals surface area contributed by atoms with Gasteiger partial charge in [-0.05, 0) is 19.8 Å². The predicted octanol–water partition coefficient (Wildman–Crippen LogP) is 1.25. The number of aromatic amines is 1. The summed E-state index contributed by atoms with van der Waals surface area (Å²) < 4.78 is 0. The number of hydrogen-bond acceptors (Lipinski definition) is 3. The minimum atomic E-state index is -0.921. The third-order valence-electron chi connectivity index (χ3n) is 3.37. The fourth-order valence-electron chi connectivity index (χ4n) is 2.28. The van der Waals surface area contributed by atoms with E-state index < -0.39 is 17.8 Å². The number of rotatable bonds is 4. The van der Waals surface area contributed by atoms with E-state index in [0.717, 1.165) is 0 Å². The largest absolute Gasteiger partial charge is 0.481 e. The molecule has 0 aromatic carbocycles. The van der Waals surface area contributed by atoms with Gasteiger partial charge in [-0.15, -0.1) is 0 Å². The number of carbonyl (C=O) groups excluding carboxylic acids is 1. The zero-order chi connectivity index (χ0) is 13.8. The van der Waals surface area contributed by atoms with Gasteiger partial charge in [0, 0.05) is 12.4 Å². The molecule has 19 heavy (non-hydrogen) atoms. The van der Waals surface area contributed by atoms with Crippen molar-refractivity contribution >= 4 is 11.9 Å². The van der Waals surface area contributed by atoms with Crippen LogP contribution in [0.2, 0.25) is 0 Å². The molecule has 0 spiro atoms. The van der Waals surface area contributed by atoms with E-state index in [1.54, 1.807) is 12.4 Å². The number of H-pyrrole nitrogens is 1. The van der Waals surface area contributed by atoms with Gasteiger partial charge in [-0.2, -0.15) is 0 Å². The van der Waals surface area contributed by atoms with Gasteiger partial charge in [0.1, 0.15) is 5.82 Å². The van der Waals surface area contributed by atoms with Gasteiger partial charge in [-0.1, -0.05) is 12.2 Å². The molecular weight excluding hydrogens is 246 g/mol. The van der Waals surface area contributed by atoms with Gasteiger partial charge >= 0.3 is 5.97 Å².